The van der Waals surface area contributed by atoms with Gasteiger partial charge in [0.25, 0.3) is 5.69 Å². The van der Waals surface area contributed by atoms with Crippen molar-refractivity contribution in [3.05, 3.63) is 33.9 Å². The van der Waals surface area contributed by atoms with Crippen molar-refractivity contribution in [2.24, 2.45) is 5.14 Å². The highest BCUT2D eigenvalue weighted by Gasteiger charge is 2.27. The summed E-state index contributed by atoms with van der Waals surface area (Å²) in [5.74, 6) is -0.151. The van der Waals surface area contributed by atoms with E-state index in [1.165, 1.54) is 12.1 Å². The molecule has 1 rings (SSSR count). The van der Waals surface area contributed by atoms with E-state index < -0.39 is 25.5 Å². The molecule has 0 aliphatic heterocycles. The van der Waals surface area contributed by atoms with E-state index in [0.717, 1.165) is 6.07 Å². The second-order valence-corrected chi connectivity index (χ2v) is 5.18. The van der Waals surface area contributed by atoms with Gasteiger partial charge in [0.2, 0.25) is 10.0 Å². The van der Waals surface area contributed by atoms with Crippen LogP contribution in [0.2, 0.25) is 0 Å². The van der Waals surface area contributed by atoms with Gasteiger partial charge in [-0.1, -0.05) is 26.0 Å². The Hall–Kier alpha value is -1.47. The van der Waals surface area contributed by atoms with Gasteiger partial charge in [-0.3, -0.25) is 10.1 Å². The van der Waals surface area contributed by atoms with Gasteiger partial charge in [-0.2, -0.15) is 0 Å². The lowest BCUT2D eigenvalue weighted by Crippen LogP contribution is -2.15. The van der Waals surface area contributed by atoms with Gasteiger partial charge in [0.05, 0.1) is 4.92 Å². The molecule has 0 aromatic heterocycles. The fourth-order valence-corrected chi connectivity index (χ4v) is 2.16. The third-order valence-corrected chi connectivity index (χ3v) is 3.08. The first-order chi connectivity index (χ1) is 7.25. The van der Waals surface area contributed by atoms with Crippen LogP contribution in [-0.4, -0.2) is 13.3 Å². The summed E-state index contributed by atoms with van der Waals surface area (Å²) in [5, 5.41) is 15.8. The Bertz CT molecular complexity index is 522. The molecule has 88 valence electrons. The summed E-state index contributed by atoms with van der Waals surface area (Å²) in [6, 6.07) is 4.11. The van der Waals surface area contributed by atoms with Crippen LogP contribution in [0.4, 0.5) is 5.69 Å². The molecule has 0 aliphatic rings. The molecule has 0 aliphatic carbocycles. The van der Waals surface area contributed by atoms with E-state index in [2.05, 4.69) is 0 Å². The molecular weight excluding hydrogens is 232 g/mol. The van der Waals surface area contributed by atoms with Gasteiger partial charge in [-0.05, 0) is 12.0 Å². The fraction of sp³-hybridized carbons (Fsp3) is 0.333. The van der Waals surface area contributed by atoms with Crippen molar-refractivity contribution in [1.82, 2.24) is 0 Å². The maximum Gasteiger partial charge on any atom is 0.292 e. The number of hydrogen-bond acceptors (Lipinski definition) is 4. The second-order valence-electron chi connectivity index (χ2n) is 3.65. The van der Waals surface area contributed by atoms with Crippen LogP contribution < -0.4 is 5.14 Å². The number of benzene rings is 1. The van der Waals surface area contributed by atoms with Crippen LogP contribution in [0.25, 0.3) is 0 Å². The third kappa shape index (κ3) is 2.37. The Balaban J connectivity index is 3.65. The Labute approximate surface area is 93.3 Å². The van der Waals surface area contributed by atoms with Gasteiger partial charge in [0.15, 0.2) is 4.90 Å². The normalized spacial score (nSPS) is 11.8. The van der Waals surface area contributed by atoms with Crippen molar-refractivity contribution in [1.29, 1.82) is 0 Å². The molecule has 0 heterocycles. The van der Waals surface area contributed by atoms with E-state index in [-0.39, 0.29) is 5.92 Å². The number of primary sulfonamides is 1. The summed E-state index contributed by atoms with van der Waals surface area (Å²) in [7, 11) is -4.08. The molecule has 0 atom stereocenters. The maximum atomic E-state index is 11.2. The van der Waals surface area contributed by atoms with E-state index in [0.29, 0.717) is 5.56 Å². The number of rotatable bonds is 3. The van der Waals surface area contributed by atoms with E-state index in [4.69, 9.17) is 5.14 Å². The summed E-state index contributed by atoms with van der Waals surface area (Å²) >= 11 is 0. The second kappa shape index (κ2) is 4.18. The molecule has 0 radical (unpaired) electrons. The van der Waals surface area contributed by atoms with Crippen LogP contribution in [0, 0.1) is 10.1 Å². The number of nitro benzene ring substituents is 1. The molecular formula is C9H12N2O4S. The fourth-order valence-electron chi connectivity index (χ4n) is 1.43. The topological polar surface area (TPSA) is 103 Å². The Morgan fingerprint density at radius 1 is 1.38 bits per heavy atom. The molecule has 2 N–H and O–H groups in total. The Kier molecular flexibility index (Phi) is 3.30. The first-order valence-electron chi connectivity index (χ1n) is 4.55. The molecule has 0 spiro atoms. The predicted molar refractivity (Wildman–Crippen MR) is 58.6 cm³/mol. The minimum Gasteiger partial charge on any atom is -0.258 e. The molecule has 6 nitrogen and oxygen atoms in total. The average Bonchev–Trinajstić information content (AvgIpc) is 2.14. The lowest BCUT2D eigenvalue weighted by molar-refractivity contribution is -0.388. The monoisotopic (exact) mass is 244 g/mol. The molecule has 1 aromatic carbocycles. The van der Waals surface area contributed by atoms with Crippen LogP contribution in [0.1, 0.15) is 25.3 Å². The van der Waals surface area contributed by atoms with Gasteiger partial charge >= 0.3 is 0 Å². The molecule has 7 heteroatoms. The largest absolute Gasteiger partial charge is 0.292 e. The molecule has 16 heavy (non-hydrogen) atoms. The molecule has 0 unspecified atom stereocenters. The summed E-state index contributed by atoms with van der Waals surface area (Å²) in [5.41, 5.74) is -0.0727. The number of nitrogens with two attached hydrogens (primary N) is 1. The van der Waals surface area contributed by atoms with Gasteiger partial charge < -0.3 is 0 Å². The highest BCUT2D eigenvalue weighted by molar-refractivity contribution is 7.89. The smallest absolute Gasteiger partial charge is 0.258 e. The van der Waals surface area contributed by atoms with Crippen LogP contribution in [0.3, 0.4) is 0 Å². The first kappa shape index (κ1) is 12.6. The van der Waals surface area contributed by atoms with Crippen molar-refractivity contribution in [3.63, 3.8) is 0 Å². The van der Waals surface area contributed by atoms with Gasteiger partial charge in [-0.15, -0.1) is 0 Å². The Morgan fingerprint density at radius 3 is 2.31 bits per heavy atom. The van der Waals surface area contributed by atoms with Crippen molar-refractivity contribution >= 4 is 15.7 Å². The quantitative estimate of drug-likeness (QED) is 0.640. The molecule has 0 amide bonds. The van der Waals surface area contributed by atoms with Crippen LogP contribution >= 0.6 is 0 Å². The Morgan fingerprint density at radius 2 is 1.94 bits per heavy atom. The van der Waals surface area contributed by atoms with Crippen molar-refractivity contribution < 1.29 is 13.3 Å². The lowest BCUT2D eigenvalue weighted by Gasteiger charge is -2.08. The van der Waals surface area contributed by atoms with Crippen LogP contribution in [-0.2, 0) is 10.0 Å². The zero-order valence-corrected chi connectivity index (χ0v) is 9.69. The van der Waals surface area contributed by atoms with Gasteiger partial charge in [0.1, 0.15) is 0 Å². The SMILES string of the molecule is CC(C)c1cccc(S(N)(=O)=O)c1[N+](=O)[O-]. The van der Waals surface area contributed by atoms with Crippen molar-refractivity contribution in [3.8, 4) is 0 Å². The van der Waals surface area contributed by atoms with Crippen LogP contribution in [0.15, 0.2) is 23.1 Å². The minimum atomic E-state index is -4.08. The zero-order valence-electron chi connectivity index (χ0n) is 8.88. The first-order valence-corrected chi connectivity index (χ1v) is 6.10. The molecule has 0 saturated carbocycles. The van der Waals surface area contributed by atoms with Gasteiger partial charge in [-0.25, -0.2) is 13.6 Å². The van der Waals surface area contributed by atoms with Gasteiger partial charge in [0, 0.05) is 5.56 Å². The summed E-state index contributed by atoms with van der Waals surface area (Å²) in [4.78, 5) is 9.73. The number of para-hydroxylation sites is 1. The molecule has 1 aromatic rings. The number of hydrogen-bond donors (Lipinski definition) is 1. The molecule has 0 saturated heterocycles. The van der Waals surface area contributed by atoms with E-state index >= 15 is 0 Å². The number of sulfonamides is 1. The number of nitro groups is 1. The van der Waals surface area contributed by atoms with E-state index in [1.807, 2.05) is 0 Å². The summed E-state index contributed by atoms with van der Waals surface area (Å²) in [6.45, 7) is 3.49. The predicted octanol–water partition coefficient (Wildman–Crippen LogP) is 1.37. The maximum absolute atomic E-state index is 11.2. The zero-order chi connectivity index (χ0) is 12.5. The summed E-state index contributed by atoms with van der Waals surface area (Å²) < 4.78 is 22.4. The van der Waals surface area contributed by atoms with E-state index in [9.17, 15) is 18.5 Å². The highest BCUT2D eigenvalue weighted by Crippen LogP contribution is 2.31. The van der Waals surface area contributed by atoms with E-state index in [1.54, 1.807) is 13.8 Å². The average molecular weight is 244 g/mol. The lowest BCUT2D eigenvalue weighted by atomic mass is 10.0. The third-order valence-electron chi connectivity index (χ3n) is 2.14. The molecule has 0 fully saturated rings. The van der Waals surface area contributed by atoms with Crippen LogP contribution in [0.5, 0.6) is 0 Å². The standard InChI is InChI=1S/C9H12N2O4S/c1-6(2)7-4-3-5-8(16(10,14)15)9(7)11(12)13/h3-6H,1-2H3,(H2,10,14,15). The molecule has 0 bridgehead atoms. The highest BCUT2D eigenvalue weighted by atomic mass is 32.2. The minimum absolute atomic E-state index is 0.151. The van der Waals surface area contributed by atoms with Crippen molar-refractivity contribution in [2.45, 2.75) is 24.7 Å². The summed E-state index contributed by atoms with van der Waals surface area (Å²) in [6.07, 6.45) is 0. The number of nitrogens with zero attached hydrogens (tertiary/aromatic N) is 1. The van der Waals surface area contributed by atoms with Crippen molar-refractivity contribution in [2.75, 3.05) is 0 Å².